The molecule has 4 rings (SSSR count). The first-order chi connectivity index (χ1) is 12.9. The Labute approximate surface area is 156 Å². The zero-order valence-electron chi connectivity index (χ0n) is 15.7. The van der Waals surface area contributed by atoms with Crippen LogP contribution in [-0.4, -0.2) is 47.4 Å². The van der Waals surface area contributed by atoms with Gasteiger partial charge in [0.1, 0.15) is 12.0 Å². The predicted octanol–water partition coefficient (Wildman–Crippen LogP) is 2.73. The van der Waals surface area contributed by atoms with E-state index < -0.39 is 6.43 Å². The van der Waals surface area contributed by atoms with Gasteiger partial charge in [0.2, 0.25) is 0 Å². The Balaban J connectivity index is 1.65. The topological polar surface area (TPSA) is 64.1 Å². The molecule has 0 bridgehead atoms. The first-order valence-corrected chi connectivity index (χ1v) is 9.12. The fourth-order valence-electron chi connectivity index (χ4n) is 3.94. The van der Waals surface area contributed by atoms with Crippen molar-refractivity contribution in [3.8, 4) is 0 Å². The lowest BCUT2D eigenvalue weighted by Crippen LogP contribution is -2.38. The standard InChI is InChI=1S/C18H23F2N7/c1-11-4-5-26(8-13-7-25(3)24-12(13)2)9-14(11)16-6-15(17(19)20)23-18-21-10-22-27(16)18/h6-7,10-11,14,17H,4-5,8-9H2,1-3H3/t11-,14-/m1/s1. The lowest BCUT2D eigenvalue weighted by molar-refractivity contribution is 0.143. The molecule has 7 nitrogen and oxygen atoms in total. The van der Waals surface area contributed by atoms with Crippen molar-refractivity contribution in [1.29, 1.82) is 0 Å². The van der Waals surface area contributed by atoms with Gasteiger partial charge >= 0.3 is 0 Å². The number of piperidine rings is 1. The summed E-state index contributed by atoms with van der Waals surface area (Å²) in [6.45, 7) is 6.73. The van der Waals surface area contributed by atoms with Crippen LogP contribution in [0.15, 0.2) is 18.6 Å². The highest BCUT2D eigenvalue weighted by Gasteiger charge is 2.31. The minimum absolute atomic E-state index is 0.0837. The van der Waals surface area contributed by atoms with E-state index in [9.17, 15) is 8.78 Å². The number of rotatable bonds is 4. The van der Waals surface area contributed by atoms with Crippen molar-refractivity contribution < 1.29 is 8.78 Å². The number of hydrogen-bond donors (Lipinski definition) is 0. The summed E-state index contributed by atoms with van der Waals surface area (Å²) in [6, 6.07) is 1.49. The zero-order chi connectivity index (χ0) is 19.1. The minimum Gasteiger partial charge on any atom is -0.298 e. The van der Waals surface area contributed by atoms with Crippen molar-refractivity contribution >= 4 is 5.78 Å². The van der Waals surface area contributed by atoms with Gasteiger partial charge in [0.25, 0.3) is 12.2 Å². The van der Waals surface area contributed by atoms with Crippen molar-refractivity contribution in [2.45, 2.75) is 39.2 Å². The number of aryl methyl sites for hydroxylation is 2. The summed E-state index contributed by atoms with van der Waals surface area (Å²) >= 11 is 0. The van der Waals surface area contributed by atoms with Crippen LogP contribution in [-0.2, 0) is 13.6 Å². The number of alkyl halides is 2. The Kier molecular flexibility index (Phi) is 4.63. The highest BCUT2D eigenvalue weighted by molar-refractivity contribution is 5.33. The number of likely N-dealkylation sites (tertiary alicyclic amines) is 1. The minimum atomic E-state index is -2.63. The SMILES string of the molecule is Cc1nn(C)cc1CN1CC[C@@H](C)[C@H](c2cc(C(F)F)nc3ncnn23)C1. The maximum atomic E-state index is 13.3. The van der Waals surface area contributed by atoms with Gasteiger partial charge in [0.05, 0.1) is 11.4 Å². The molecule has 1 fully saturated rings. The van der Waals surface area contributed by atoms with Crippen LogP contribution < -0.4 is 0 Å². The molecule has 9 heteroatoms. The summed E-state index contributed by atoms with van der Waals surface area (Å²) in [5.41, 5.74) is 2.74. The van der Waals surface area contributed by atoms with Gasteiger partial charge < -0.3 is 0 Å². The third-order valence-electron chi connectivity index (χ3n) is 5.45. The van der Waals surface area contributed by atoms with Crippen LogP contribution in [0, 0.1) is 12.8 Å². The smallest absolute Gasteiger partial charge is 0.280 e. The largest absolute Gasteiger partial charge is 0.298 e. The van der Waals surface area contributed by atoms with Crippen molar-refractivity contribution in [3.63, 3.8) is 0 Å². The van der Waals surface area contributed by atoms with Crippen molar-refractivity contribution in [2.24, 2.45) is 13.0 Å². The maximum Gasteiger partial charge on any atom is 0.280 e. The second kappa shape index (κ2) is 6.95. The third-order valence-corrected chi connectivity index (χ3v) is 5.45. The normalized spacial score (nSPS) is 21.4. The molecule has 0 amide bonds. The zero-order valence-corrected chi connectivity index (χ0v) is 15.7. The Bertz CT molecular complexity index is 948. The number of fused-ring (bicyclic) bond motifs is 1. The van der Waals surface area contributed by atoms with E-state index >= 15 is 0 Å². The van der Waals surface area contributed by atoms with Crippen LogP contribution in [0.25, 0.3) is 5.78 Å². The van der Waals surface area contributed by atoms with Crippen LogP contribution in [0.3, 0.4) is 0 Å². The van der Waals surface area contributed by atoms with E-state index in [1.54, 1.807) is 4.52 Å². The summed E-state index contributed by atoms with van der Waals surface area (Å²) in [4.78, 5) is 10.3. The molecule has 2 atom stereocenters. The average Bonchev–Trinajstić information content (AvgIpc) is 3.21. The van der Waals surface area contributed by atoms with Crippen LogP contribution in [0.2, 0.25) is 0 Å². The predicted molar refractivity (Wildman–Crippen MR) is 95.5 cm³/mol. The monoisotopic (exact) mass is 375 g/mol. The number of nitrogens with zero attached hydrogens (tertiary/aromatic N) is 7. The first kappa shape index (κ1) is 18.0. The molecule has 4 heterocycles. The van der Waals surface area contributed by atoms with Crippen molar-refractivity contribution in [3.05, 3.63) is 41.2 Å². The number of halogens is 2. The Morgan fingerprint density at radius 2 is 2.15 bits per heavy atom. The Morgan fingerprint density at radius 1 is 1.33 bits per heavy atom. The van der Waals surface area contributed by atoms with Gasteiger partial charge in [-0.25, -0.2) is 18.3 Å². The average molecular weight is 375 g/mol. The Hall–Kier alpha value is -2.42. The Morgan fingerprint density at radius 3 is 2.85 bits per heavy atom. The third kappa shape index (κ3) is 3.43. The molecule has 0 spiro atoms. The maximum absolute atomic E-state index is 13.3. The van der Waals surface area contributed by atoms with E-state index in [1.165, 1.54) is 18.0 Å². The molecule has 1 aliphatic rings. The molecule has 3 aromatic heterocycles. The van der Waals surface area contributed by atoms with Gasteiger partial charge in [-0.05, 0) is 31.9 Å². The van der Waals surface area contributed by atoms with Gasteiger partial charge in [0, 0.05) is 37.8 Å². The van der Waals surface area contributed by atoms with Crippen LogP contribution in [0.5, 0.6) is 0 Å². The molecule has 1 aliphatic heterocycles. The van der Waals surface area contributed by atoms with E-state index in [1.807, 2.05) is 24.9 Å². The molecule has 0 radical (unpaired) electrons. The molecule has 0 unspecified atom stereocenters. The van der Waals surface area contributed by atoms with E-state index in [0.29, 0.717) is 5.92 Å². The van der Waals surface area contributed by atoms with E-state index in [2.05, 4.69) is 32.0 Å². The van der Waals surface area contributed by atoms with Crippen molar-refractivity contribution in [1.82, 2.24) is 34.3 Å². The summed E-state index contributed by atoms with van der Waals surface area (Å²) in [5, 5.41) is 8.63. The molecule has 3 aromatic rings. The van der Waals surface area contributed by atoms with Gasteiger partial charge in [-0.2, -0.15) is 15.2 Å². The van der Waals surface area contributed by atoms with E-state index in [4.69, 9.17) is 0 Å². The van der Waals surface area contributed by atoms with Gasteiger partial charge in [-0.1, -0.05) is 6.92 Å². The van der Waals surface area contributed by atoms with E-state index in [0.717, 1.165) is 37.4 Å². The summed E-state index contributed by atoms with van der Waals surface area (Å²) < 4.78 is 30.1. The second-order valence-corrected chi connectivity index (χ2v) is 7.40. The number of aromatic nitrogens is 6. The van der Waals surface area contributed by atoms with Crippen LogP contribution >= 0.6 is 0 Å². The molecular formula is C18H23F2N7. The van der Waals surface area contributed by atoms with Crippen LogP contribution in [0.1, 0.15) is 48.3 Å². The summed E-state index contributed by atoms with van der Waals surface area (Å²) in [6.07, 6.45) is 1.77. The highest BCUT2D eigenvalue weighted by Crippen LogP contribution is 2.34. The summed E-state index contributed by atoms with van der Waals surface area (Å²) in [7, 11) is 1.92. The fraction of sp³-hybridized carbons (Fsp3) is 0.556. The second-order valence-electron chi connectivity index (χ2n) is 7.40. The molecule has 0 N–H and O–H groups in total. The van der Waals surface area contributed by atoms with Crippen LogP contribution in [0.4, 0.5) is 8.78 Å². The quantitative estimate of drug-likeness (QED) is 0.702. The van der Waals surface area contributed by atoms with Crippen molar-refractivity contribution in [2.75, 3.05) is 13.1 Å². The molecule has 0 aliphatic carbocycles. The van der Waals surface area contributed by atoms with Gasteiger partial charge in [-0.3, -0.25) is 9.58 Å². The first-order valence-electron chi connectivity index (χ1n) is 9.12. The fourth-order valence-corrected chi connectivity index (χ4v) is 3.94. The lowest BCUT2D eigenvalue weighted by atomic mass is 9.84. The number of hydrogen-bond acceptors (Lipinski definition) is 5. The van der Waals surface area contributed by atoms with E-state index in [-0.39, 0.29) is 17.4 Å². The van der Waals surface area contributed by atoms with Gasteiger partial charge in [-0.15, -0.1) is 0 Å². The molecule has 1 saturated heterocycles. The molecule has 0 saturated carbocycles. The molecular weight excluding hydrogens is 352 g/mol. The highest BCUT2D eigenvalue weighted by atomic mass is 19.3. The molecule has 144 valence electrons. The molecule has 0 aromatic carbocycles. The molecule has 27 heavy (non-hydrogen) atoms. The lowest BCUT2D eigenvalue weighted by Gasteiger charge is -2.37. The van der Waals surface area contributed by atoms with Gasteiger partial charge in [0.15, 0.2) is 0 Å². The summed E-state index contributed by atoms with van der Waals surface area (Å²) in [5.74, 6) is 0.673.